The Morgan fingerprint density at radius 3 is 3.26 bits per heavy atom. The molecule has 1 aromatic heterocycles. The molecule has 2 heterocycles. The summed E-state index contributed by atoms with van der Waals surface area (Å²) < 4.78 is 5.10. The summed E-state index contributed by atoms with van der Waals surface area (Å²) in [5.74, 6) is 1.10. The molecule has 1 fully saturated rings. The van der Waals surface area contributed by atoms with E-state index in [1.807, 2.05) is 0 Å². The topological polar surface area (TPSA) is 63.2 Å². The highest BCUT2D eigenvalue weighted by Crippen LogP contribution is 2.21. The fourth-order valence-electron chi connectivity index (χ4n) is 2.37. The second kappa shape index (κ2) is 7.09. The predicted octanol–water partition coefficient (Wildman–Crippen LogP) is 1.81. The van der Waals surface area contributed by atoms with Crippen molar-refractivity contribution in [3.63, 3.8) is 0 Å². The normalized spacial score (nSPS) is 18.9. The van der Waals surface area contributed by atoms with E-state index in [-0.39, 0.29) is 5.91 Å². The summed E-state index contributed by atoms with van der Waals surface area (Å²) in [6, 6.07) is 3.58. The number of hydrogen-bond donors (Lipinski definition) is 2. The second-order valence-corrected chi connectivity index (χ2v) is 4.86. The molecule has 0 aliphatic carbocycles. The summed E-state index contributed by atoms with van der Waals surface area (Å²) >= 11 is 0. The van der Waals surface area contributed by atoms with Gasteiger partial charge in [0.15, 0.2) is 0 Å². The van der Waals surface area contributed by atoms with Gasteiger partial charge in [0.25, 0.3) is 0 Å². The van der Waals surface area contributed by atoms with Gasteiger partial charge < -0.3 is 15.4 Å². The van der Waals surface area contributed by atoms with Crippen LogP contribution in [0.2, 0.25) is 0 Å². The molecule has 1 amide bonds. The largest absolute Gasteiger partial charge is 0.480 e. The second-order valence-electron chi connectivity index (χ2n) is 4.86. The maximum atomic E-state index is 11.9. The summed E-state index contributed by atoms with van der Waals surface area (Å²) in [5.41, 5.74) is 0.636. The van der Waals surface area contributed by atoms with E-state index in [9.17, 15) is 4.79 Å². The molecule has 2 rings (SSSR count). The number of anilines is 1. The van der Waals surface area contributed by atoms with Gasteiger partial charge in [0.1, 0.15) is 5.69 Å². The molecule has 1 aliphatic heterocycles. The summed E-state index contributed by atoms with van der Waals surface area (Å²) in [6.07, 6.45) is 5.55. The van der Waals surface area contributed by atoms with E-state index in [0.29, 0.717) is 23.9 Å². The van der Waals surface area contributed by atoms with Crippen LogP contribution >= 0.6 is 0 Å². The Kier molecular flexibility index (Phi) is 5.15. The lowest BCUT2D eigenvalue weighted by molar-refractivity contribution is -0.116. The van der Waals surface area contributed by atoms with Crippen LogP contribution < -0.4 is 15.4 Å². The summed E-state index contributed by atoms with van der Waals surface area (Å²) in [6.45, 7) is 2.14. The van der Waals surface area contributed by atoms with Crippen LogP contribution in [-0.2, 0) is 4.79 Å². The van der Waals surface area contributed by atoms with Crippen molar-refractivity contribution in [1.82, 2.24) is 10.3 Å². The van der Waals surface area contributed by atoms with Crippen molar-refractivity contribution in [2.24, 2.45) is 5.92 Å². The van der Waals surface area contributed by atoms with Gasteiger partial charge in [-0.1, -0.05) is 0 Å². The fourth-order valence-corrected chi connectivity index (χ4v) is 2.37. The number of rotatable bonds is 5. The molecule has 0 spiro atoms. The molecule has 1 atom stereocenters. The van der Waals surface area contributed by atoms with Gasteiger partial charge in [0.05, 0.1) is 7.11 Å². The average Bonchev–Trinajstić information content (AvgIpc) is 2.47. The zero-order chi connectivity index (χ0) is 13.5. The molecule has 0 bridgehead atoms. The average molecular weight is 263 g/mol. The highest BCUT2D eigenvalue weighted by atomic mass is 16.5. The van der Waals surface area contributed by atoms with Gasteiger partial charge in [0, 0.05) is 12.6 Å². The number of carbonyl (C=O) groups is 1. The molecule has 1 aliphatic rings. The number of aromatic nitrogens is 1. The minimum absolute atomic E-state index is 0.0249. The van der Waals surface area contributed by atoms with Crippen LogP contribution in [0.15, 0.2) is 18.3 Å². The lowest BCUT2D eigenvalue weighted by Gasteiger charge is -2.22. The first kappa shape index (κ1) is 13.8. The van der Waals surface area contributed by atoms with Gasteiger partial charge in [0.2, 0.25) is 11.8 Å². The first-order valence-corrected chi connectivity index (χ1v) is 6.79. The number of amides is 1. The number of nitrogens with zero attached hydrogens (tertiary/aromatic N) is 1. The van der Waals surface area contributed by atoms with Crippen LogP contribution in [0.25, 0.3) is 0 Å². The Balaban J connectivity index is 1.80. The number of carbonyl (C=O) groups excluding carboxylic acids is 1. The molecule has 1 aromatic rings. The maximum Gasteiger partial charge on any atom is 0.237 e. The van der Waals surface area contributed by atoms with E-state index >= 15 is 0 Å². The van der Waals surface area contributed by atoms with Crippen molar-refractivity contribution in [2.45, 2.75) is 25.7 Å². The third kappa shape index (κ3) is 4.21. The van der Waals surface area contributed by atoms with E-state index in [4.69, 9.17) is 4.74 Å². The predicted molar refractivity (Wildman–Crippen MR) is 74.2 cm³/mol. The van der Waals surface area contributed by atoms with E-state index < -0.39 is 0 Å². The van der Waals surface area contributed by atoms with Crippen molar-refractivity contribution >= 4 is 11.6 Å². The van der Waals surface area contributed by atoms with Crippen molar-refractivity contribution in [1.29, 1.82) is 0 Å². The Morgan fingerprint density at radius 1 is 1.63 bits per heavy atom. The van der Waals surface area contributed by atoms with E-state index in [0.717, 1.165) is 19.5 Å². The fraction of sp³-hybridized carbons (Fsp3) is 0.571. The minimum atomic E-state index is 0.0249. The number of hydrogen-bond acceptors (Lipinski definition) is 4. The monoisotopic (exact) mass is 263 g/mol. The van der Waals surface area contributed by atoms with Gasteiger partial charge in [-0.2, -0.15) is 0 Å². The molecule has 5 nitrogen and oxygen atoms in total. The summed E-state index contributed by atoms with van der Waals surface area (Å²) in [4.78, 5) is 16.0. The Labute approximate surface area is 113 Å². The molecule has 19 heavy (non-hydrogen) atoms. The number of pyridine rings is 1. The highest BCUT2D eigenvalue weighted by molar-refractivity contribution is 5.91. The van der Waals surface area contributed by atoms with E-state index in [2.05, 4.69) is 15.6 Å². The number of methoxy groups -OCH3 is 1. The maximum absolute atomic E-state index is 11.9. The molecule has 0 aromatic carbocycles. The first-order chi connectivity index (χ1) is 9.29. The molecule has 0 radical (unpaired) electrons. The minimum Gasteiger partial charge on any atom is -0.480 e. The molecular formula is C14H21N3O2. The molecule has 2 N–H and O–H groups in total. The number of piperidine rings is 1. The summed E-state index contributed by atoms with van der Waals surface area (Å²) in [7, 11) is 1.55. The van der Waals surface area contributed by atoms with Crippen molar-refractivity contribution in [2.75, 3.05) is 25.5 Å². The van der Waals surface area contributed by atoms with Crippen LogP contribution in [0, 0.1) is 5.92 Å². The van der Waals surface area contributed by atoms with Crippen molar-refractivity contribution < 1.29 is 9.53 Å². The van der Waals surface area contributed by atoms with Crippen molar-refractivity contribution in [3.8, 4) is 5.88 Å². The quantitative estimate of drug-likeness (QED) is 0.850. The zero-order valence-corrected chi connectivity index (χ0v) is 11.3. The molecular weight excluding hydrogens is 242 g/mol. The third-order valence-electron chi connectivity index (χ3n) is 3.42. The molecule has 1 saturated heterocycles. The Morgan fingerprint density at radius 2 is 2.53 bits per heavy atom. The van der Waals surface area contributed by atoms with Crippen LogP contribution in [0.3, 0.4) is 0 Å². The number of ether oxygens (including phenoxy) is 1. The van der Waals surface area contributed by atoms with Crippen LogP contribution in [0.5, 0.6) is 5.88 Å². The van der Waals surface area contributed by atoms with Crippen molar-refractivity contribution in [3.05, 3.63) is 18.3 Å². The summed E-state index contributed by atoms with van der Waals surface area (Å²) in [5, 5.41) is 6.22. The standard InChI is InChI=1S/C14H21N3O2/c1-19-14-12(5-3-9-16-14)17-13(18)7-6-11-4-2-8-15-10-11/h3,5,9,11,15H,2,4,6-8,10H2,1H3,(H,17,18). The van der Waals surface area contributed by atoms with E-state index in [1.54, 1.807) is 25.4 Å². The lowest BCUT2D eigenvalue weighted by atomic mass is 9.94. The Bertz CT molecular complexity index is 417. The first-order valence-electron chi connectivity index (χ1n) is 6.79. The van der Waals surface area contributed by atoms with Gasteiger partial charge in [-0.25, -0.2) is 4.98 Å². The third-order valence-corrected chi connectivity index (χ3v) is 3.42. The SMILES string of the molecule is COc1ncccc1NC(=O)CCC1CCCNC1. The highest BCUT2D eigenvalue weighted by Gasteiger charge is 2.15. The van der Waals surface area contributed by atoms with Gasteiger partial charge in [-0.05, 0) is 50.4 Å². The zero-order valence-electron chi connectivity index (χ0n) is 11.3. The van der Waals surface area contributed by atoms with Gasteiger partial charge >= 0.3 is 0 Å². The van der Waals surface area contributed by atoms with Gasteiger partial charge in [-0.3, -0.25) is 4.79 Å². The number of nitrogens with one attached hydrogen (secondary N) is 2. The molecule has 104 valence electrons. The smallest absolute Gasteiger partial charge is 0.237 e. The lowest BCUT2D eigenvalue weighted by Crippen LogP contribution is -2.30. The van der Waals surface area contributed by atoms with Crippen LogP contribution in [0.4, 0.5) is 5.69 Å². The molecule has 1 unspecified atom stereocenters. The Hall–Kier alpha value is -1.62. The van der Waals surface area contributed by atoms with Crippen LogP contribution in [-0.4, -0.2) is 31.1 Å². The van der Waals surface area contributed by atoms with Gasteiger partial charge in [-0.15, -0.1) is 0 Å². The van der Waals surface area contributed by atoms with E-state index in [1.165, 1.54) is 12.8 Å². The molecule has 0 saturated carbocycles. The molecule has 5 heteroatoms. The van der Waals surface area contributed by atoms with Crippen LogP contribution in [0.1, 0.15) is 25.7 Å².